The van der Waals surface area contributed by atoms with Crippen LogP contribution in [-0.2, 0) is 11.2 Å². The molecule has 2 heterocycles. The van der Waals surface area contributed by atoms with Gasteiger partial charge in [-0.1, -0.05) is 13.0 Å². The number of pyridine rings is 1. The smallest absolute Gasteiger partial charge is 0.212 e. The van der Waals surface area contributed by atoms with Gasteiger partial charge in [0, 0.05) is 24.9 Å². The standard InChI is InChI=1S/C17H28N2O2/c1-3-10-18-15(7-8-16-5-4-11-21-16)12-14-6-9-17(20-2)19-13-14/h6,9,13,15-16,18H,3-5,7-8,10-12H2,1-2H3. The molecule has 118 valence electrons. The van der Waals surface area contributed by atoms with Crippen LogP contribution in [-0.4, -0.2) is 37.4 Å². The molecule has 0 aliphatic carbocycles. The molecule has 1 aromatic rings. The fourth-order valence-electron chi connectivity index (χ4n) is 2.82. The first kappa shape index (κ1) is 16.2. The first-order valence-corrected chi connectivity index (χ1v) is 8.15. The second-order valence-corrected chi connectivity index (χ2v) is 5.78. The molecule has 21 heavy (non-hydrogen) atoms. The zero-order chi connectivity index (χ0) is 14.9. The molecular weight excluding hydrogens is 264 g/mol. The zero-order valence-corrected chi connectivity index (χ0v) is 13.3. The lowest BCUT2D eigenvalue weighted by Gasteiger charge is -2.20. The molecule has 0 aromatic carbocycles. The molecule has 1 aliphatic rings. The van der Waals surface area contributed by atoms with Crippen molar-refractivity contribution in [2.45, 2.75) is 57.6 Å². The number of hydrogen-bond acceptors (Lipinski definition) is 4. The van der Waals surface area contributed by atoms with Gasteiger partial charge in [-0.05, 0) is 50.6 Å². The fourth-order valence-corrected chi connectivity index (χ4v) is 2.82. The van der Waals surface area contributed by atoms with Gasteiger partial charge in [0.1, 0.15) is 0 Å². The van der Waals surface area contributed by atoms with Crippen molar-refractivity contribution < 1.29 is 9.47 Å². The van der Waals surface area contributed by atoms with Gasteiger partial charge >= 0.3 is 0 Å². The van der Waals surface area contributed by atoms with Crippen LogP contribution in [0, 0.1) is 0 Å². The minimum atomic E-state index is 0.477. The summed E-state index contributed by atoms with van der Waals surface area (Å²) in [6.45, 7) is 4.22. The van der Waals surface area contributed by atoms with Gasteiger partial charge < -0.3 is 14.8 Å². The highest BCUT2D eigenvalue weighted by atomic mass is 16.5. The van der Waals surface area contributed by atoms with Gasteiger partial charge in [0.05, 0.1) is 13.2 Å². The fraction of sp³-hybridized carbons (Fsp3) is 0.706. The Morgan fingerprint density at radius 2 is 2.38 bits per heavy atom. The highest BCUT2D eigenvalue weighted by Crippen LogP contribution is 2.19. The zero-order valence-electron chi connectivity index (χ0n) is 13.3. The summed E-state index contributed by atoms with van der Waals surface area (Å²) in [5.41, 5.74) is 1.26. The van der Waals surface area contributed by atoms with Crippen LogP contribution in [0.2, 0.25) is 0 Å². The van der Waals surface area contributed by atoms with E-state index in [-0.39, 0.29) is 0 Å². The molecule has 4 nitrogen and oxygen atoms in total. The molecule has 0 bridgehead atoms. The predicted molar refractivity (Wildman–Crippen MR) is 84.8 cm³/mol. The summed E-state index contributed by atoms with van der Waals surface area (Å²) in [6, 6.07) is 4.55. The van der Waals surface area contributed by atoms with Crippen LogP contribution >= 0.6 is 0 Å². The normalized spacial score (nSPS) is 19.6. The SMILES string of the molecule is CCCNC(CCC1CCCO1)Cc1ccc(OC)nc1. The molecular formula is C17H28N2O2. The van der Waals surface area contributed by atoms with E-state index in [0.717, 1.165) is 38.8 Å². The van der Waals surface area contributed by atoms with Crippen LogP contribution in [0.25, 0.3) is 0 Å². The lowest BCUT2D eigenvalue weighted by molar-refractivity contribution is 0.0995. The topological polar surface area (TPSA) is 43.4 Å². The van der Waals surface area contributed by atoms with Crippen molar-refractivity contribution in [3.63, 3.8) is 0 Å². The van der Waals surface area contributed by atoms with Gasteiger partial charge in [0.2, 0.25) is 5.88 Å². The Morgan fingerprint density at radius 1 is 1.48 bits per heavy atom. The van der Waals surface area contributed by atoms with E-state index < -0.39 is 0 Å². The highest BCUT2D eigenvalue weighted by Gasteiger charge is 2.18. The van der Waals surface area contributed by atoms with E-state index >= 15 is 0 Å². The minimum Gasteiger partial charge on any atom is -0.481 e. The molecule has 4 heteroatoms. The quantitative estimate of drug-likeness (QED) is 0.760. The molecule has 2 unspecified atom stereocenters. The monoisotopic (exact) mass is 292 g/mol. The summed E-state index contributed by atoms with van der Waals surface area (Å²) in [5.74, 6) is 0.677. The van der Waals surface area contributed by atoms with Gasteiger partial charge in [-0.3, -0.25) is 0 Å². The van der Waals surface area contributed by atoms with E-state index in [0.29, 0.717) is 18.0 Å². The summed E-state index contributed by atoms with van der Waals surface area (Å²) in [5, 5.41) is 3.66. The Labute approximate surface area is 128 Å². The number of methoxy groups -OCH3 is 1. The summed E-state index contributed by atoms with van der Waals surface area (Å²) in [7, 11) is 1.65. The molecule has 1 saturated heterocycles. The van der Waals surface area contributed by atoms with Crippen LogP contribution in [0.1, 0.15) is 44.6 Å². The van der Waals surface area contributed by atoms with Gasteiger partial charge in [0.25, 0.3) is 0 Å². The van der Waals surface area contributed by atoms with Crippen LogP contribution in [0.5, 0.6) is 5.88 Å². The van der Waals surface area contributed by atoms with Crippen molar-refractivity contribution in [2.24, 2.45) is 0 Å². The molecule has 0 amide bonds. The minimum absolute atomic E-state index is 0.477. The maximum absolute atomic E-state index is 5.73. The van der Waals surface area contributed by atoms with Crippen molar-refractivity contribution in [2.75, 3.05) is 20.3 Å². The van der Waals surface area contributed by atoms with E-state index in [1.807, 2.05) is 12.3 Å². The molecule has 1 aromatic heterocycles. The molecule has 0 saturated carbocycles. The summed E-state index contributed by atoms with van der Waals surface area (Å²) in [6.07, 6.45) is 9.35. The first-order valence-electron chi connectivity index (χ1n) is 8.15. The van der Waals surface area contributed by atoms with Crippen LogP contribution in [0.4, 0.5) is 0 Å². The van der Waals surface area contributed by atoms with E-state index in [1.165, 1.54) is 18.4 Å². The Hall–Kier alpha value is -1.13. The third-order valence-electron chi connectivity index (χ3n) is 4.03. The van der Waals surface area contributed by atoms with Crippen LogP contribution < -0.4 is 10.1 Å². The first-order chi connectivity index (χ1) is 10.3. The molecule has 2 atom stereocenters. The number of aromatic nitrogens is 1. The molecule has 0 spiro atoms. The third-order valence-corrected chi connectivity index (χ3v) is 4.03. The predicted octanol–water partition coefficient (Wildman–Crippen LogP) is 2.96. The van der Waals surface area contributed by atoms with E-state index in [4.69, 9.17) is 9.47 Å². The average Bonchev–Trinajstić information content (AvgIpc) is 3.04. The van der Waals surface area contributed by atoms with Gasteiger partial charge in [-0.25, -0.2) is 4.98 Å². The summed E-state index contributed by atoms with van der Waals surface area (Å²) >= 11 is 0. The third kappa shape index (κ3) is 5.64. The summed E-state index contributed by atoms with van der Waals surface area (Å²) in [4.78, 5) is 4.29. The Balaban J connectivity index is 1.84. The van der Waals surface area contributed by atoms with Gasteiger partial charge in [0.15, 0.2) is 0 Å². The van der Waals surface area contributed by atoms with Crippen molar-refractivity contribution in [3.8, 4) is 5.88 Å². The van der Waals surface area contributed by atoms with Crippen molar-refractivity contribution >= 4 is 0 Å². The maximum atomic E-state index is 5.73. The molecule has 1 aliphatic heterocycles. The number of nitrogens with zero attached hydrogens (tertiary/aromatic N) is 1. The van der Waals surface area contributed by atoms with Gasteiger partial charge in [-0.2, -0.15) is 0 Å². The molecule has 1 N–H and O–H groups in total. The average molecular weight is 292 g/mol. The Morgan fingerprint density at radius 3 is 3.00 bits per heavy atom. The molecule has 1 fully saturated rings. The van der Waals surface area contributed by atoms with Gasteiger partial charge in [-0.15, -0.1) is 0 Å². The Kier molecular flexibility index (Phi) is 6.96. The summed E-state index contributed by atoms with van der Waals surface area (Å²) < 4.78 is 10.8. The number of rotatable bonds is 9. The van der Waals surface area contributed by atoms with Crippen molar-refractivity contribution in [3.05, 3.63) is 23.9 Å². The van der Waals surface area contributed by atoms with Crippen LogP contribution in [0.15, 0.2) is 18.3 Å². The second kappa shape index (κ2) is 9.00. The number of hydrogen-bond donors (Lipinski definition) is 1. The molecule has 2 rings (SSSR count). The maximum Gasteiger partial charge on any atom is 0.212 e. The molecule has 0 radical (unpaired) electrons. The Bertz CT molecular complexity index is 388. The van der Waals surface area contributed by atoms with E-state index in [9.17, 15) is 0 Å². The van der Waals surface area contributed by atoms with Crippen molar-refractivity contribution in [1.82, 2.24) is 10.3 Å². The van der Waals surface area contributed by atoms with E-state index in [1.54, 1.807) is 7.11 Å². The number of nitrogens with one attached hydrogen (secondary N) is 1. The lowest BCUT2D eigenvalue weighted by atomic mass is 10.00. The largest absolute Gasteiger partial charge is 0.481 e. The van der Waals surface area contributed by atoms with E-state index in [2.05, 4.69) is 23.3 Å². The van der Waals surface area contributed by atoms with Crippen molar-refractivity contribution in [1.29, 1.82) is 0 Å². The second-order valence-electron chi connectivity index (χ2n) is 5.78. The van der Waals surface area contributed by atoms with Crippen LogP contribution in [0.3, 0.4) is 0 Å². The highest BCUT2D eigenvalue weighted by molar-refractivity contribution is 5.18. The number of ether oxygens (including phenoxy) is 2. The lowest BCUT2D eigenvalue weighted by Crippen LogP contribution is -2.32.